The number of aryl methyl sites for hydroxylation is 1. The molecule has 0 aromatic heterocycles. The number of likely N-dealkylation sites (tertiary alicyclic amines) is 1. The highest BCUT2D eigenvalue weighted by molar-refractivity contribution is 5.87. The predicted molar refractivity (Wildman–Crippen MR) is 146 cm³/mol. The number of methoxy groups -OCH3 is 1. The van der Waals surface area contributed by atoms with Gasteiger partial charge in [0, 0.05) is 18.5 Å². The summed E-state index contributed by atoms with van der Waals surface area (Å²) in [5, 5.41) is 2.89. The number of hydrogen-bond acceptors (Lipinski definition) is 5. The van der Waals surface area contributed by atoms with E-state index < -0.39 is 6.09 Å². The average molecular weight is 490 g/mol. The summed E-state index contributed by atoms with van der Waals surface area (Å²) in [4.78, 5) is 15.4. The van der Waals surface area contributed by atoms with Gasteiger partial charge in [-0.2, -0.15) is 0 Å². The van der Waals surface area contributed by atoms with Gasteiger partial charge in [-0.1, -0.05) is 40.2 Å². The highest BCUT2D eigenvalue weighted by Gasteiger charge is 2.35. The van der Waals surface area contributed by atoms with E-state index in [1.165, 1.54) is 19.3 Å². The van der Waals surface area contributed by atoms with Crippen LogP contribution in [0.4, 0.5) is 10.5 Å². The minimum atomic E-state index is -0.400. The molecule has 1 amide bonds. The molecule has 200 valence electrons. The third-order valence-electron chi connectivity index (χ3n) is 7.49. The van der Waals surface area contributed by atoms with Crippen LogP contribution in [0, 0.1) is 18.3 Å². The second-order valence-electron chi connectivity index (χ2n) is 11.5. The van der Waals surface area contributed by atoms with Gasteiger partial charge in [0.15, 0.2) is 0 Å². The Morgan fingerprint density at radius 3 is 2.71 bits per heavy atom. The lowest BCUT2D eigenvalue weighted by Gasteiger charge is -2.44. The van der Waals surface area contributed by atoms with Gasteiger partial charge in [-0.3, -0.25) is 10.2 Å². The van der Waals surface area contributed by atoms with Crippen molar-refractivity contribution in [2.24, 2.45) is 17.1 Å². The zero-order valence-electron chi connectivity index (χ0n) is 23.4. The van der Waals surface area contributed by atoms with Gasteiger partial charge in [0.1, 0.15) is 11.9 Å². The maximum Gasteiger partial charge on any atom is 0.412 e. The lowest BCUT2D eigenvalue weighted by molar-refractivity contribution is -0.00549. The number of amides is 1. The van der Waals surface area contributed by atoms with Gasteiger partial charge in [0.05, 0.1) is 12.8 Å². The van der Waals surface area contributed by atoms with E-state index in [-0.39, 0.29) is 6.10 Å². The van der Waals surface area contributed by atoms with Crippen molar-refractivity contribution in [3.8, 4) is 5.75 Å². The quantitative estimate of drug-likeness (QED) is 0.320. The van der Waals surface area contributed by atoms with E-state index in [4.69, 9.17) is 15.2 Å². The molecule has 1 aliphatic heterocycles. The minimum absolute atomic E-state index is 0.0674. The van der Waals surface area contributed by atoms with Crippen molar-refractivity contribution in [1.29, 1.82) is 0 Å². The first-order chi connectivity index (χ1) is 16.6. The molecule has 4 atom stereocenters. The normalized spacial score (nSPS) is 22.0. The molecule has 1 aromatic rings. The van der Waals surface area contributed by atoms with Crippen molar-refractivity contribution in [3.63, 3.8) is 0 Å². The fraction of sp³-hybridized carbons (Fsp3) is 0.759. The molecular weight excluding hydrogens is 438 g/mol. The summed E-state index contributed by atoms with van der Waals surface area (Å²) in [7, 11) is 1.61. The molecule has 0 spiro atoms. The number of ether oxygens (including phenoxy) is 2. The number of nitrogens with two attached hydrogens (primary N) is 1. The molecule has 1 aromatic carbocycles. The lowest BCUT2D eigenvalue weighted by Crippen LogP contribution is -2.51. The standard InChI is InChI=1S/C29H51N3O3/c1-8-10-24-19-25(35-28(33)31-26-17-21(2)11-12-27(26)34-7)18-23(4)32(24)16-9-14-29(5,6)20-22(3)13-15-30/h11-12,17,22-25H,8-10,13-16,18-20,30H2,1-7H3,(H,31,33). The van der Waals surface area contributed by atoms with E-state index >= 15 is 0 Å². The molecule has 4 unspecified atom stereocenters. The Balaban J connectivity index is 1.91. The number of nitrogens with one attached hydrogen (secondary N) is 1. The topological polar surface area (TPSA) is 76.8 Å². The number of nitrogens with zero attached hydrogens (tertiary/aromatic N) is 1. The minimum Gasteiger partial charge on any atom is -0.495 e. The summed E-state index contributed by atoms with van der Waals surface area (Å²) in [5.41, 5.74) is 7.81. The molecule has 1 heterocycles. The van der Waals surface area contributed by atoms with E-state index in [1.54, 1.807) is 7.11 Å². The molecule has 2 rings (SSSR count). The van der Waals surface area contributed by atoms with Crippen LogP contribution in [0.3, 0.4) is 0 Å². The van der Waals surface area contributed by atoms with Crippen molar-refractivity contribution >= 4 is 11.8 Å². The van der Waals surface area contributed by atoms with E-state index in [9.17, 15) is 4.79 Å². The van der Waals surface area contributed by atoms with Crippen LogP contribution >= 0.6 is 0 Å². The van der Waals surface area contributed by atoms with E-state index in [0.717, 1.165) is 50.8 Å². The van der Waals surface area contributed by atoms with Gasteiger partial charge in [0.2, 0.25) is 0 Å². The summed E-state index contributed by atoms with van der Waals surface area (Å²) in [6, 6.07) is 6.58. The van der Waals surface area contributed by atoms with Crippen LogP contribution < -0.4 is 15.8 Å². The molecule has 1 saturated heterocycles. The highest BCUT2D eigenvalue weighted by Crippen LogP contribution is 2.34. The van der Waals surface area contributed by atoms with Crippen LogP contribution in [-0.2, 0) is 4.74 Å². The molecule has 1 fully saturated rings. The maximum absolute atomic E-state index is 12.7. The van der Waals surface area contributed by atoms with Crippen LogP contribution in [0.15, 0.2) is 18.2 Å². The van der Waals surface area contributed by atoms with Crippen LogP contribution in [0.2, 0.25) is 0 Å². The van der Waals surface area contributed by atoms with Crippen molar-refractivity contribution in [1.82, 2.24) is 4.90 Å². The van der Waals surface area contributed by atoms with Crippen molar-refractivity contribution < 1.29 is 14.3 Å². The first kappa shape index (κ1) is 29.4. The molecule has 0 bridgehead atoms. The van der Waals surface area contributed by atoms with E-state index in [1.807, 2.05) is 25.1 Å². The maximum atomic E-state index is 12.7. The van der Waals surface area contributed by atoms with Gasteiger partial charge < -0.3 is 15.2 Å². The second kappa shape index (κ2) is 14.1. The fourth-order valence-corrected chi connectivity index (χ4v) is 5.91. The van der Waals surface area contributed by atoms with Crippen LogP contribution in [0.25, 0.3) is 0 Å². The summed E-state index contributed by atoms with van der Waals surface area (Å²) in [5.74, 6) is 1.32. The van der Waals surface area contributed by atoms with Gasteiger partial charge in [-0.25, -0.2) is 4.79 Å². The number of carbonyl (C=O) groups is 1. The largest absolute Gasteiger partial charge is 0.495 e. The number of anilines is 1. The Kier molecular flexibility index (Phi) is 11.8. The number of piperidine rings is 1. The molecule has 6 heteroatoms. The van der Waals surface area contributed by atoms with E-state index in [0.29, 0.717) is 34.9 Å². The third-order valence-corrected chi connectivity index (χ3v) is 7.49. The molecule has 0 aliphatic carbocycles. The fourth-order valence-electron chi connectivity index (χ4n) is 5.91. The first-order valence-corrected chi connectivity index (χ1v) is 13.7. The molecule has 0 saturated carbocycles. The van der Waals surface area contributed by atoms with Crippen LogP contribution in [-0.4, -0.2) is 49.4 Å². The zero-order chi connectivity index (χ0) is 26.0. The SMILES string of the molecule is CCCC1CC(OC(=O)Nc2cc(C)ccc2OC)CC(C)N1CCCC(C)(C)CC(C)CCN. The molecule has 1 aliphatic rings. The highest BCUT2D eigenvalue weighted by atomic mass is 16.6. The molecule has 35 heavy (non-hydrogen) atoms. The summed E-state index contributed by atoms with van der Waals surface area (Å²) >= 11 is 0. The van der Waals surface area contributed by atoms with Crippen LogP contribution in [0.1, 0.15) is 91.5 Å². The summed E-state index contributed by atoms with van der Waals surface area (Å²) < 4.78 is 11.3. The van der Waals surface area contributed by atoms with Crippen molar-refractivity contribution in [2.75, 3.05) is 25.5 Å². The summed E-state index contributed by atoms with van der Waals surface area (Å²) in [6.07, 6.45) is 8.33. The predicted octanol–water partition coefficient (Wildman–Crippen LogP) is 6.76. The molecule has 6 nitrogen and oxygen atoms in total. The van der Waals surface area contributed by atoms with Crippen molar-refractivity contribution in [2.45, 2.75) is 111 Å². The zero-order valence-corrected chi connectivity index (χ0v) is 23.4. The molecular formula is C29H51N3O3. The Hall–Kier alpha value is -1.79. The number of carbonyl (C=O) groups excluding carboxylic acids is 1. The smallest absolute Gasteiger partial charge is 0.412 e. The first-order valence-electron chi connectivity index (χ1n) is 13.7. The second-order valence-corrected chi connectivity index (χ2v) is 11.5. The molecule has 0 radical (unpaired) electrons. The number of hydrogen-bond donors (Lipinski definition) is 2. The van der Waals surface area contributed by atoms with Crippen molar-refractivity contribution in [3.05, 3.63) is 23.8 Å². The number of rotatable bonds is 13. The van der Waals surface area contributed by atoms with Gasteiger partial charge >= 0.3 is 6.09 Å². The Labute approximate surface area is 214 Å². The third kappa shape index (κ3) is 9.64. The summed E-state index contributed by atoms with van der Waals surface area (Å²) in [6.45, 7) is 15.5. The Morgan fingerprint density at radius 1 is 1.31 bits per heavy atom. The van der Waals surface area contributed by atoms with E-state index in [2.05, 4.69) is 44.8 Å². The Bertz CT molecular complexity index is 782. The van der Waals surface area contributed by atoms with Gasteiger partial charge in [-0.05, 0) is 94.5 Å². The lowest BCUT2D eigenvalue weighted by atomic mass is 9.78. The Morgan fingerprint density at radius 2 is 2.06 bits per heavy atom. The molecule has 3 N–H and O–H groups in total. The average Bonchev–Trinajstić information content (AvgIpc) is 2.75. The van der Waals surface area contributed by atoms with Crippen LogP contribution in [0.5, 0.6) is 5.75 Å². The number of benzene rings is 1. The monoisotopic (exact) mass is 489 g/mol. The van der Waals surface area contributed by atoms with Gasteiger partial charge in [0.25, 0.3) is 0 Å². The van der Waals surface area contributed by atoms with Gasteiger partial charge in [-0.15, -0.1) is 0 Å².